The van der Waals surface area contributed by atoms with Gasteiger partial charge in [0.15, 0.2) is 0 Å². The zero-order valence-electron chi connectivity index (χ0n) is 38.9. The summed E-state index contributed by atoms with van der Waals surface area (Å²) in [4.78, 5) is 54.3. The summed E-state index contributed by atoms with van der Waals surface area (Å²) in [6.45, 7) is 15.1. The maximum atomic E-state index is 13.7. The summed E-state index contributed by atoms with van der Waals surface area (Å²) in [5.74, 6) is -2.60. The number of amides is 4. The molecule has 19 heteroatoms. The van der Waals surface area contributed by atoms with E-state index in [1.165, 1.54) is 46.0 Å². The molecule has 10 atom stereocenters. The maximum Gasteiger partial charge on any atom is 0.481 e. The Morgan fingerprint density at radius 2 is 1.34 bits per heavy atom. The van der Waals surface area contributed by atoms with E-state index < -0.39 is 82.6 Å². The van der Waals surface area contributed by atoms with Gasteiger partial charge in [0.1, 0.15) is 24.2 Å². The highest BCUT2D eigenvalue weighted by atomic mass is 32.2. The van der Waals surface area contributed by atoms with Crippen LogP contribution < -0.4 is 42.8 Å². The third kappa shape index (κ3) is 15.9. The fourth-order valence-electron chi connectivity index (χ4n) is 9.32. The molecule has 0 radical (unpaired) electrons. The third-order valence-electron chi connectivity index (χ3n) is 13.5. The number of rotatable bonds is 32. The molecular weight excluding hydrogens is 815 g/mol. The van der Waals surface area contributed by atoms with Gasteiger partial charge in [-0.05, 0) is 116 Å². The van der Waals surface area contributed by atoms with Gasteiger partial charge in [-0.25, -0.2) is 13.1 Å². The summed E-state index contributed by atoms with van der Waals surface area (Å²) in [5.41, 5.74) is 11.1. The van der Waals surface area contributed by atoms with Crippen molar-refractivity contribution in [1.29, 1.82) is 0 Å². The number of hydrogen-bond donors (Lipinski definition) is 9. The van der Waals surface area contributed by atoms with Gasteiger partial charge < -0.3 is 52.5 Å². The van der Waals surface area contributed by atoms with Crippen LogP contribution in [0, 0.1) is 17.3 Å². The molecule has 4 aliphatic rings. The lowest BCUT2D eigenvalue weighted by Gasteiger charge is -2.64. The first-order valence-corrected chi connectivity index (χ1v) is 25.3. The smallest absolute Gasteiger partial charge is 0.404 e. The van der Waals surface area contributed by atoms with E-state index in [1.807, 2.05) is 6.92 Å². The lowest BCUT2D eigenvalue weighted by atomic mass is 9.43. The zero-order chi connectivity index (χ0) is 46.1. The standard InChI is InChI=1S/C43H83BN8O9S/c1-8-9-10-11-12-13-14-19-24-47-25-26-62(58,59)52-34(21-16-18-23-46)40(56)51-37(30(3)53)41(57)48-29(2)38(54)50-33(20-15-17-22-45)39(55)49-31(4)44-60-36-28-32-27-35(42(32,5)6)43(36,7)61-44/h29-37,47,52-53H,8-28,45-46H2,1-7H3,(H,48,57)(H,49,55)(H,50,54)(H,51,56). The molecule has 0 spiro atoms. The molecule has 2 bridgehead atoms. The minimum absolute atomic E-state index is 0.0589. The molecule has 10 unspecified atom stereocenters. The van der Waals surface area contributed by atoms with Gasteiger partial charge in [0.05, 0.1) is 29.5 Å². The van der Waals surface area contributed by atoms with Gasteiger partial charge in [-0.15, -0.1) is 0 Å². The summed E-state index contributed by atoms with van der Waals surface area (Å²) in [6.07, 6.45) is 12.5. The highest BCUT2D eigenvalue weighted by Crippen LogP contribution is 2.65. The summed E-state index contributed by atoms with van der Waals surface area (Å²) >= 11 is 0. The average molecular weight is 899 g/mol. The van der Waals surface area contributed by atoms with Gasteiger partial charge in [0, 0.05) is 6.54 Å². The molecule has 11 N–H and O–H groups in total. The molecule has 17 nitrogen and oxygen atoms in total. The summed E-state index contributed by atoms with van der Waals surface area (Å²) in [6, 6.07) is -4.89. The number of aliphatic hydroxyl groups excluding tert-OH is 1. The minimum atomic E-state index is -3.91. The maximum absolute atomic E-state index is 13.7. The normalized spacial score (nSPS) is 24.4. The van der Waals surface area contributed by atoms with Crippen molar-refractivity contribution in [2.75, 3.05) is 31.9 Å². The van der Waals surface area contributed by atoms with Crippen molar-refractivity contribution in [2.45, 2.75) is 199 Å². The fourth-order valence-corrected chi connectivity index (χ4v) is 10.5. The Morgan fingerprint density at radius 1 is 0.742 bits per heavy atom. The van der Waals surface area contributed by atoms with Crippen molar-refractivity contribution in [1.82, 2.24) is 31.3 Å². The second-order valence-electron chi connectivity index (χ2n) is 18.9. The van der Waals surface area contributed by atoms with Crippen LogP contribution in [0.25, 0.3) is 0 Å². The molecule has 0 aromatic heterocycles. The number of aliphatic hydroxyl groups is 1. The molecule has 4 amide bonds. The Balaban J connectivity index is 1.54. The van der Waals surface area contributed by atoms with Gasteiger partial charge in [0.25, 0.3) is 0 Å². The van der Waals surface area contributed by atoms with Crippen LogP contribution in [0.1, 0.15) is 151 Å². The van der Waals surface area contributed by atoms with Crippen LogP contribution in [-0.2, 0) is 38.5 Å². The average Bonchev–Trinajstić information content (AvgIpc) is 3.58. The van der Waals surface area contributed by atoms with Crippen molar-refractivity contribution in [3.8, 4) is 0 Å². The third-order valence-corrected chi connectivity index (χ3v) is 14.9. The van der Waals surface area contributed by atoms with Gasteiger partial charge in [0.2, 0.25) is 33.7 Å². The molecule has 62 heavy (non-hydrogen) atoms. The van der Waals surface area contributed by atoms with E-state index in [4.69, 9.17) is 20.8 Å². The van der Waals surface area contributed by atoms with Crippen LogP contribution in [0.15, 0.2) is 0 Å². The molecule has 4 fully saturated rings. The Kier molecular flexibility index (Phi) is 22.6. The van der Waals surface area contributed by atoms with E-state index in [2.05, 4.69) is 59.0 Å². The van der Waals surface area contributed by atoms with Crippen molar-refractivity contribution in [3.05, 3.63) is 0 Å². The number of carbonyl (C=O) groups is 4. The number of nitrogens with one attached hydrogen (secondary N) is 6. The summed E-state index contributed by atoms with van der Waals surface area (Å²) < 4.78 is 41.5. The van der Waals surface area contributed by atoms with Crippen LogP contribution in [0.5, 0.6) is 0 Å². The Bertz CT molecular complexity index is 1530. The van der Waals surface area contributed by atoms with E-state index in [-0.39, 0.29) is 36.7 Å². The molecule has 4 rings (SSSR count). The first-order chi connectivity index (χ1) is 29.3. The Morgan fingerprint density at radius 3 is 1.94 bits per heavy atom. The molecule has 358 valence electrons. The van der Waals surface area contributed by atoms with E-state index in [0.717, 1.165) is 32.1 Å². The quantitative estimate of drug-likeness (QED) is 0.0347. The lowest BCUT2D eigenvalue weighted by molar-refractivity contribution is -0.199. The largest absolute Gasteiger partial charge is 0.481 e. The van der Waals surface area contributed by atoms with Crippen molar-refractivity contribution in [3.63, 3.8) is 0 Å². The molecule has 1 saturated heterocycles. The van der Waals surface area contributed by atoms with Crippen molar-refractivity contribution < 1.29 is 42.0 Å². The van der Waals surface area contributed by atoms with E-state index in [1.54, 1.807) is 0 Å². The Hall–Kier alpha value is -2.39. The van der Waals surface area contributed by atoms with Gasteiger partial charge in [-0.2, -0.15) is 0 Å². The summed E-state index contributed by atoms with van der Waals surface area (Å²) in [5, 5.41) is 24.5. The van der Waals surface area contributed by atoms with Gasteiger partial charge in [-0.1, -0.05) is 72.1 Å². The second kappa shape index (κ2) is 25.9. The highest BCUT2D eigenvalue weighted by Gasteiger charge is 2.68. The predicted octanol–water partition coefficient (Wildman–Crippen LogP) is 1.89. The zero-order valence-corrected chi connectivity index (χ0v) is 39.7. The van der Waals surface area contributed by atoms with Crippen LogP contribution in [0.2, 0.25) is 0 Å². The number of carbonyl (C=O) groups excluding carboxylic acids is 4. The van der Waals surface area contributed by atoms with Crippen LogP contribution in [-0.4, -0.2) is 124 Å². The molecule has 0 aromatic rings. The van der Waals surface area contributed by atoms with Crippen LogP contribution in [0.4, 0.5) is 0 Å². The number of unbranched alkanes of at least 4 members (excludes halogenated alkanes) is 9. The van der Waals surface area contributed by atoms with E-state index in [0.29, 0.717) is 57.2 Å². The predicted molar refractivity (Wildman–Crippen MR) is 243 cm³/mol. The monoisotopic (exact) mass is 899 g/mol. The number of nitrogens with two attached hydrogens (primary N) is 2. The minimum Gasteiger partial charge on any atom is -0.404 e. The first kappa shape index (κ1) is 54.0. The molecule has 1 heterocycles. The number of sulfonamides is 1. The fraction of sp³-hybridized carbons (Fsp3) is 0.907. The van der Waals surface area contributed by atoms with Crippen molar-refractivity contribution >= 4 is 40.8 Å². The lowest BCUT2D eigenvalue weighted by Crippen LogP contribution is -2.65. The Labute approximate surface area is 372 Å². The van der Waals surface area contributed by atoms with Gasteiger partial charge >= 0.3 is 7.12 Å². The molecule has 0 aromatic carbocycles. The highest BCUT2D eigenvalue weighted by molar-refractivity contribution is 7.89. The second-order valence-corrected chi connectivity index (χ2v) is 20.8. The number of hydrogen-bond acceptors (Lipinski definition) is 12. The molecular formula is C43H83BN8O9S. The van der Waals surface area contributed by atoms with Crippen molar-refractivity contribution in [2.24, 2.45) is 28.7 Å². The van der Waals surface area contributed by atoms with Gasteiger partial charge in [-0.3, -0.25) is 19.2 Å². The molecule has 3 saturated carbocycles. The van der Waals surface area contributed by atoms with Crippen LogP contribution in [0.3, 0.4) is 0 Å². The summed E-state index contributed by atoms with van der Waals surface area (Å²) in [7, 11) is -4.56. The van der Waals surface area contributed by atoms with E-state index >= 15 is 0 Å². The molecule has 1 aliphatic heterocycles. The SMILES string of the molecule is CCCCCCCCCCNCCS(=O)(=O)NC(CCCCN)C(=O)NC(C(=O)NC(C)C(=O)NC(CCCCN)C(=O)NC(C)B1OC2CC3CC(C3(C)C)C2(C)O1)C(C)O. The first-order valence-electron chi connectivity index (χ1n) is 23.6. The molecule has 3 aliphatic carbocycles. The van der Waals surface area contributed by atoms with E-state index in [9.17, 15) is 32.7 Å². The van der Waals surface area contributed by atoms with Crippen LogP contribution >= 0.6 is 0 Å². The topological polar surface area (TPSA) is 265 Å².